The summed E-state index contributed by atoms with van der Waals surface area (Å²) in [4.78, 5) is 59.2. The number of alkyl halides is 2. The maximum Gasteiger partial charge on any atom is 0.703 e. The van der Waals surface area contributed by atoms with Crippen molar-refractivity contribution < 1.29 is 71.2 Å². The first kappa shape index (κ1) is 58.7. The Morgan fingerprint density at radius 2 is 0.750 bits per heavy atom. The summed E-state index contributed by atoms with van der Waals surface area (Å²) >= 11 is 0. The van der Waals surface area contributed by atoms with E-state index in [1.165, 1.54) is 126 Å². The summed E-state index contributed by atoms with van der Waals surface area (Å²) in [7, 11) is 1.16. The van der Waals surface area contributed by atoms with Gasteiger partial charge in [-0.1, -0.05) is 118 Å². The molecular formula is C60H56F2N4O17P+. The number of hydrogen-bond donors (Lipinski definition) is 6. The van der Waals surface area contributed by atoms with Gasteiger partial charge in [-0.25, -0.2) is 18.4 Å². The lowest BCUT2D eigenvalue weighted by molar-refractivity contribution is -0.232. The Bertz CT molecular complexity index is 3550. The normalized spacial score (nSPS) is 24.3. The van der Waals surface area contributed by atoms with Crippen LogP contribution in [-0.2, 0) is 45.4 Å². The van der Waals surface area contributed by atoms with Gasteiger partial charge in [0.05, 0.1) is 52.5 Å². The molecule has 2 unspecified atom stereocenters. The van der Waals surface area contributed by atoms with Crippen LogP contribution in [0.25, 0.3) is 0 Å². The van der Waals surface area contributed by atoms with Crippen LogP contribution in [-0.4, -0.2) is 117 Å². The highest BCUT2D eigenvalue weighted by Gasteiger charge is 2.81. The summed E-state index contributed by atoms with van der Waals surface area (Å²) < 4.78 is 102. The number of rotatable bonds is 20. The molecule has 0 saturated carbocycles. The quantitative estimate of drug-likeness (QED) is 0.0332. The molecule has 2 aliphatic rings. The van der Waals surface area contributed by atoms with E-state index < -0.39 is 102 Å². The molecule has 21 nitrogen and oxygen atoms in total. The summed E-state index contributed by atoms with van der Waals surface area (Å²) in [6.07, 6.45) is -9.67. The minimum Gasteiger partial charge on any atom is -0.497 e. The fourth-order valence-corrected chi connectivity index (χ4v) is 13.0. The number of ether oxygens (including phenoxy) is 6. The van der Waals surface area contributed by atoms with Crippen molar-refractivity contribution in [2.75, 3.05) is 41.7 Å². The molecule has 436 valence electrons. The maximum atomic E-state index is 19.6. The summed E-state index contributed by atoms with van der Waals surface area (Å²) in [5, 5.41) is 48.9. The number of benzene rings is 6. The molecule has 84 heavy (non-hydrogen) atoms. The predicted molar refractivity (Wildman–Crippen MR) is 297 cm³/mol. The lowest BCUT2D eigenvalue weighted by Gasteiger charge is -2.50. The molecule has 0 amide bonds. The SMILES string of the molecule is COc1ccc(C(c2ccccc2)(c2ccc(OC)cc2)[C@@]2(n3ccc(=O)[nH]c3=O)O[C@H](CO)[C@](O)(O[P+](=O)O[C@]3(O)C(F)[C@@](n4ccc(=O)[nH]c4=O)(C(c4ccccc4)(c4ccc(OC)cc4)c4ccc(OC)cc4)O[C@@H]3CO)C2F)cc1. The lowest BCUT2D eigenvalue weighted by Crippen LogP contribution is -2.65. The van der Waals surface area contributed by atoms with Gasteiger partial charge in [-0.05, 0) is 81.9 Å². The van der Waals surface area contributed by atoms with E-state index in [9.17, 15) is 39.6 Å². The van der Waals surface area contributed by atoms with Crippen LogP contribution in [0.5, 0.6) is 23.0 Å². The second-order valence-electron chi connectivity index (χ2n) is 19.7. The molecule has 0 aliphatic carbocycles. The Morgan fingerprint density at radius 1 is 0.476 bits per heavy atom. The highest BCUT2D eigenvalue weighted by Crippen LogP contribution is 2.64. The first-order valence-electron chi connectivity index (χ1n) is 25.9. The molecule has 2 aliphatic heterocycles. The van der Waals surface area contributed by atoms with E-state index in [-0.39, 0.29) is 33.4 Å². The highest BCUT2D eigenvalue weighted by molar-refractivity contribution is 7.33. The molecule has 8 aromatic rings. The second kappa shape index (κ2) is 22.9. The van der Waals surface area contributed by atoms with E-state index in [0.29, 0.717) is 32.1 Å². The highest BCUT2D eigenvalue weighted by atomic mass is 31.1. The smallest absolute Gasteiger partial charge is 0.497 e. The van der Waals surface area contributed by atoms with Crippen molar-refractivity contribution in [2.24, 2.45) is 0 Å². The zero-order chi connectivity index (χ0) is 59.8. The molecule has 2 fully saturated rings. The van der Waals surface area contributed by atoms with E-state index in [4.69, 9.17) is 37.5 Å². The number of nitrogens with zero attached hydrogens (tertiary/aromatic N) is 2. The molecule has 2 saturated heterocycles. The van der Waals surface area contributed by atoms with Crippen molar-refractivity contribution in [3.8, 4) is 23.0 Å². The van der Waals surface area contributed by atoms with E-state index in [0.717, 1.165) is 24.5 Å². The summed E-state index contributed by atoms with van der Waals surface area (Å²) in [5.41, 5.74) is -14.6. The number of halogens is 2. The van der Waals surface area contributed by atoms with Gasteiger partial charge < -0.3 is 48.8 Å². The van der Waals surface area contributed by atoms with Crippen LogP contribution in [0.3, 0.4) is 0 Å². The molecule has 0 radical (unpaired) electrons. The Balaban J connectivity index is 1.19. The number of methoxy groups -OCH3 is 4. The van der Waals surface area contributed by atoms with Crippen LogP contribution in [0.4, 0.5) is 8.78 Å². The first-order chi connectivity index (χ1) is 40.4. The van der Waals surface area contributed by atoms with Crippen molar-refractivity contribution in [1.29, 1.82) is 0 Å². The number of H-pyrrole nitrogens is 2. The van der Waals surface area contributed by atoms with Crippen molar-refractivity contribution in [3.63, 3.8) is 0 Å². The van der Waals surface area contributed by atoms with Crippen LogP contribution in [0, 0.1) is 0 Å². The number of aromatic amines is 2. The van der Waals surface area contributed by atoms with Crippen LogP contribution in [0.15, 0.2) is 201 Å². The average Bonchev–Trinajstić information content (AvgIpc) is 1.60. The van der Waals surface area contributed by atoms with Crippen molar-refractivity contribution in [1.82, 2.24) is 19.1 Å². The second-order valence-corrected chi connectivity index (χ2v) is 20.5. The van der Waals surface area contributed by atoms with Crippen molar-refractivity contribution in [2.45, 2.75) is 58.4 Å². The van der Waals surface area contributed by atoms with Gasteiger partial charge in [-0.2, -0.15) is 0 Å². The van der Waals surface area contributed by atoms with Crippen LogP contribution < -0.4 is 41.4 Å². The molecule has 4 heterocycles. The van der Waals surface area contributed by atoms with Gasteiger partial charge in [-0.15, -0.1) is 0 Å². The van der Waals surface area contributed by atoms with E-state index in [1.807, 2.05) is 0 Å². The number of aromatic nitrogens is 4. The van der Waals surface area contributed by atoms with Crippen LogP contribution in [0.2, 0.25) is 0 Å². The van der Waals surface area contributed by atoms with Gasteiger partial charge >= 0.3 is 19.6 Å². The summed E-state index contributed by atoms with van der Waals surface area (Å²) in [5.74, 6) is -6.33. The van der Waals surface area contributed by atoms with E-state index in [2.05, 4.69) is 9.97 Å². The molecule has 8 atom stereocenters. The molecule has 6 aromatic carbocycles. The van der Waals surface area contributed by atoms with Gasteiger partial charge in [-0.3, -0.25) is 28.7 Å². The standard InChI is InChI=1S/C60H55F2N4O17P/c1-76-43-23-15-39(16-24-43)55(37-11-7-5-8-12-37,40-17-25-44(77-2)26-18-40)59(65-33-31-49(69)63-53(65)71)51(61)57(73,47(35-67)80-59)82-84(75)83-58(74)48(36-68)81-60(52(58)62,66-34-32-50(70)64-54(66)72)56(38-13-9-6-10-14-38,41-19-27-45(78-3)28-20-41)42-21-29-46(79-4)30-22-42/h5-34,47-48,51-52,67-68,73-74H,35-36H2,1-4H3,(H-,63,64,69,70,71,72)/p+1/t47-,48-,51?,52?,57+,58+,59+,60+/m1/s1. The lowest BCUT2D eigenvalue weighted by atomic mass is 9.60. The fraction of sp³-hybridized carbons (Fsp3) is 0.267. The Hall–Kier alpha value is -8.48. The maximum absolute atomic E-state index is 19.6. The van der Waals surface area contributed by atoms with Crippen LogP contribution >= 0.6 is 8.25 Å². The van der Waals surface area contributed by atoms with Gasteiger partial charge in [0.25, 0.3) is 22.7 Å². The zero-order valence-corrected chi connectivity index (χ0v) is 46.1. The minimum absolute atomic E-state index is 0.120. The van der Waals surface area contributed by atoms with E-state index in [1.54, 1.807) is 60.7 Å². The number of aliphatic hydroxyl groups excluding tert-OH is 2. The largest absolute Gasteiger partial charge is 0.703 e. The van der Waals surface area contributed by atoms with Gasteiger partial charge in [0.1, 0.15) is 35.2 Å². The Morgan fingerprint density at radius 3 is 1.00 bits per heavy atom. The number of aliphatic hydroxyl groups is 4. The topological polar surface area (TPSA) is 282 Å². The van der Waals surface area contributed by atoms with Gasteiger partial charge in [0.15, 0.2) is 0 Å². The third-order valence-electron chi connectivity index (χ3n) is 15.7. The molecule has 0 spiro atoms. The fourth-order valence-electron chi connectivity index (χ4n) is 12.0. The van der Waals surface area contributed by atoms with Crippen molar-refractivity contribution in [3.05, 3.63) is 257 Å². The molecule has 6 N–H and O–H groups in total. The molecule has 0 bridgehead atoms. The average molecular weight is 1170 g/mol. The third-order valence-corrected chi connectivity index (χ3v) is 16.6. The van der Waals surface area contributed by atoms with Crippen molar-refractivity contribution >= 4 is 8.25 Å². The van der Waals surface area contributed by atoms with Gasteiger partial charge in [0.2, 0.25) is 23.8 Å². The van der Waals surface area contributed by atoms with E-state index >= 15 is 13.3 Å². The molecule has 10 rings (SSSR count). The molecular weight excluding hydrogens is 1120 g/mol. The number of nitrogens with one attached hydrogen (secondary N) is 2. The van der Waals surface area contributed by atoms with Gasteiger partial charge in [0, 0.05) is 29.1 Å². The molecule has 24 heteroatoms. The Kier molecular flexibility index (Phi) is 16.0. The van der Waals surface area contributed by atoms with Crippen LogP contribution in [0.1, 0.15) is 33.4 Å². The zero-order valence-electron chi connectivity index (χ0n) is 45.2. The summed E-state index contributed by atoms with van der Waals surface area (Å²) in [6.45, 7) is -2.79. The monoisotopic (exact) mass is 1170 g/mol. The number of hydrogen-bond acceptors (Lipinski definition) is 17. The minimum atomic E-state index is -4.46. The summed E-state index contributed by atoms with van der Waals surface area (Å²) in [6, 6.07) is 41.9. The molecule has 2 aromatic heterocycles. The third kappa shape index (κ3) is 8.98. The Labute approximate surface area is 477 Å². The predicted octanol–water partition coefficient (Wildman–Crippen LogP) is 5.02. The first-order valence-corrected chi connectivity index (χ1v) is 27.0.